The molecule has 1 aliphatic heterocycles. The molecule has 1 aromatic carbocycles. The van der Waals surface area contributed by atoms with Gasteiger partial charge >= 0.3 is 0 Å². The number of rotatable bonds is 10. The zero-order valence-electron chi connectivity index (χ0n) is 20.0. The summed E-state index contributed by atoms with van der Waals surface area (Å²) in [5.74, 6) is 1.83. The number of halogens is 1. The van der Waals surface area contributed by atoms with Gasteiger partial charge in [0.15, 0.2) is 12.2 Å². The Bertz CT molecular complexity index is 1190. The Morgan fingerprint density at radius 2 is 2.22 bits per heavy atom. The molecule has 10 heteroatoms. The van der Waals surface area contributed by atoms with Crippen molar-refractivity contribution in [2.24, 2.45) is 5.92 Å². The highest BCUT2D eigenvalue weighted by Gasteiger charge is 2.23. The highest BCUT2D eigenvalue weighted by atomic mass is 79.9. The van der Waals surface area contributed by atoms with Gasteiger partial charge in [0.05, 0.1) is 16.8 Å². The lowest BCUT2D eigenvalue weighted by atomic mass is 9.82. The Kier molecular flexibility index (Phi) is 7.93. The molecule has 3 heterocycles. The van der Waals surface area contributed by atoms with Crippen molar-refractivity contribution in [3.8, 4) is 5.75 Å². The van der Waals surface area contributed by atoms with E-state index < -0.39 is 6.10 Å². The second-order valence-corrected chi connectivity index (χ2v) is 10.3. The van der Waals surface area contributed by atoms with Crippen LogP contribution in [0.2, 0.25) is 0 Å². The molecule has 1 amide bonds. The van der Waals surface area contributed by atoms with Crippen molar-refractivity contribution in [1.82, 2.24) is 25.2 Å². The zero-order chi connectivity index (χ0) is 24.9. The van der Waals surface area contributed by atoms with Gasteiger partial charge in [0.2, 0.25) is 0 Å². The minimum absolute atomic E-state index is 0.169. The van der Waals surface area contributed by atoms with Gasteiger partial charge in [-0.25, -0.2) is 15.0 Å². The van der Waals surface area contributed by atoms with E-state index in [0.29, 0.717) is 30.5 Å². The van der Waals surface area contributed by atoms with Crippen molar-refractivity contribution in [2.75, 3.05) is 19.6 Å². The molecule has 1 atom stereocenters. The average Bonchev–Trinajstić information content (AvgIpc) is 3.38. The van der Waals surface area contributed by atoms with Crippen LogP contribution in [0.1, 0.15) is 52.3 Å². The fourth-order valence-electron chi connectivity index (χ4n) is 4.67. The number of hydrogen-bond donors (Lipinski definition) is 2. The molecule has 3 aromatic rings. The number of amides is 1. The van der Waals surface area contributed by atoms with Gasteiger partial charge in [-0.15, -0.1) is 0 Å². The smallest absolute Gasteiger partial charge is 0.270 e. The fraction of sp³-hybridized carbons (Fsp3) is 0.462. The number of ether oxygens (including phenoxy) is 1. The minimum atomic E-state index is -0.681. The van der Waals surface area contributed by atoms with E-state index in [0.717, 1.165) is 41.8 Å². The summed E-state index contributed by atoms with van der Waals surface area (Å²) in [7, 11) is 0. The molecular formula is C26H30BrN5O4. The van der Waals surface area contributed by atoms with Crippen molar-refractivity contribution in [3.63, 3.8) is 0 Å². The SMILES string of the molecule is O=C(NC[C@H](O)CN1CCc2c(ccc(OCc3cnco3)c2Br)C1)c1cc(CC2CCC2)ncn1. The summed E-state index contributed by atoms with van der Waals surface area (Å²) in [6.45, 7) is 2.48. The van der Waals surface area contributed by atoms with Crippen LogP contribution in [0, 0.1) is 5.92 Å². The molecule has 5 rings (SSSR count). The first-order chi connectivity index (χ1) is 17.5. The maximum Gasteiger partial charge on any atom is 0.270 e. The van der Waals surface area contributed by atoms with E-state index in [1.165, 1.54) is 43.1 Å². The maximum absolute atomic E-state index is 12.6. The van der Waals surface area contributed by atoms with Crippen LogP contribution < -0.4 is 10.1 Å². The van der Waals surface area contributed by atoms with Crippen LogP contribution in [0.5, 0.6) is 5.75 Å². The molecule has 2 N–H and O–H groups in total. The summed E-state index contributed by atoms with van der Waals surface area (Å²) < 4.78 is 12.1. The van der Waals surface area contributed by atoms with Crippen molar-refractivity contribution < 1.29 is 19.1 Å². The van der Waals surface area contributed by atoms with E-state index in [1.54, 1.807) is 12.3 Å². The van der Waals surface area contributed by atoms with E-state index in [1.807, 2.05) is 6.07 Å². The summed E-state index contributed by atoms with van der Waals surface area (Å²) >= 11 is 3.69. The highest BCUT2D eigenvalue weighted by molar-refractivity contribution is 9.10. The van der Waals surface area contributed by atoms with E-state index in [4.69, 9.17) is 9.15 Å². The number of carbonyl (C=O) groups is 1. The number of hydrogen-bond acceptors (Lipinski definition) is 8. The van der Waals surface area contributed by atoms with Gasteiger partial charge in [-0.2, -0.15) is 0 Å². The Hall–Kier alpha value is -2.82. The molecule has 0 saturated heterocycles. The molecule has 0 bridgehead atoms. The van der Waals surface area contributed by atoms with Gasteiger partial charge in [-0.1, -0.05) is 25.3 Å². The molecule has 190 valence electrons. The summed E-state index contributed by atoms with van der Waals surface area (Å²) in [6, 6.07) is 5.77. The third-order valence-electron chi connectivity index (χ3n) is 6.88. The van der Waals surface area contributed by atoms with Crippen LogP contribution in [0.25, 0.3) is 0 Å². The lowest BCUT2D eigenvalue weighted by Crippen LogP contribution is -2.42. The first-order valence-electron chi connectivity index (χ1n) is 12.3. The number of aromatic nitrogens is 3. The Balaban J connectivity index is 1.10. The van der Waals surface area contributed by atoms with Gasteiger partial charge in [0, 0.05) is 31.9 Å². The molecule has 2 aliphatic rings. The summed E-state index contributed by atoms with van der Waals surface area (Å²) in [4.78, 5) is 27.1. The lowest BCUT2D eigenvalue weighted by Gasteiger charge is -2.31. The maximum atomic E-state index is 12.6. The van der Waals surface area contributed by atoms with Crippen LogP contribution in [0.3, 0.4) is 0 Å². The van der Waals surface area contributed by atoms with Crippen molar-refractivity contribution in [1.29, 1.82) is 0 Å². The second kappa shape index (κ2) is 11.5. The van der Waals surface area contributed by atoms with Crippen LogP contribution in [-0.4, -0.2) is 56.6 Å². The third-order valence-corrected chi connectivity index (χ3v) is 7.75. The molecule has 36 heavy (non-hydrogen) atoms. The summed E-state index contributed by atoms with van der Waals surface area (Å²) in [6.07, 6.45) is 9.26. The van der Waals surface area contributed by atoms with Crippen LogP contribution in [0.4, 0.5) is 0 Å². The monoisotopic (exact) mass is 555 g/mol. The number of aliphatic hydroxyl groups excluding tert-OH is 1. The van der Waals surface area contributed by atoms with Gasteiger partial charge in [0.1, 0.15) is 24.4 Å². The standard InChI is InChI=1S/C26H30BrN5O4/c27-25-22-6-7-32(12-18(22)4-5-24(25)35-14-21-11-28-16-36-21)13-20(33)10-29-26(34)23-9-19(30-15-31-23)8-17-2-1-3-17/h4-5,9,11,15-17,20,33H,1-3,6-8,10,12-14H2,(H,29,34)/t20-/m0/s1. The third kappa shape index (κ3) is 6.11. The van der Waals surface area contributed by atoms with Gasteiger partial charge in [0.25, 0.3) is 5.91 Å². The quantitative estimate of drug-likeness (QED) is 0.391. The molecule has 1 aliphatic carbocycles. The van der Waals surface area contributed by atoms with E-state index >= 15 is 0 Å². The molecule has 0 radical (unpaired) electrons. The summed E-state index contributed by atoms with van der Waals surface area (Å²) in [5.41, 5.74) is 3.66. The topological polar surface area (TPSA) is 114 Å². The largest absolute Gasteiger partial charge is 0.484 e. The first-order valence-corrected chi connectivity index (χ1v) is 13.1. The van der Waals surface area contributed by atoms with Crippen LogP contribution in [0.15, 0.2) is 46.0 Å². The number of nitrogens with zero attached hydrogens (tertiary/aromatic N) is 4. The number of aliphatic hydroxyl groups is 1. The predicted molar refractivity (Wildman–Crippen MR) is 135 cm³/mol. The molecular weight excluding hydrogens is 526 g/mol. The molecule has 0 unspecified atom stereocenters. The van der Waals surface area contributed by atoms with Crippen molar-refractivity contribution in [3.05, 3.63) is 69.9 Å². The van der Waals surface area contributed by atoms with Gasteiger partial charge in [-0.05, 0) is 57.9 Å². The van der Waals surface area contributed by atoms with Crippen LogP contribution in [-0.2, 0) is 26.0 Å². The zero-order valence-corrected chi connectivity index (χ0v) is 21.6. The molecule has 9 nitrogen and oxygen atoms in total. The van der Waals surface area contributed by atoms with Crippen molar-refractivity contribution in [2.45, 2.75) is 51.4 Å². The predicted octanol–water partition coefficient (Wildman–Crippen LogP) is 3.30. The molecule has 1 saturated carbocycles. The molecule has 1 fully saturated rings. The molecule has 2 aromatic heterocycles. The minimum Gasteiger partial charge on any atom is -0.484 e. The number of nitrogens with one attached hydrogen (secondary N) is 1. The summed E-state index contributed by atoms with van der Waals surface area (Å²) in [5, 5.41) is 13.4. The molecule has 0 spiro atoms. The lowest BCUT2D eigenvalue weighted by molar-refractivity contribution is 0.0837. The fourth-order valence-corrected chi connectivity index (χ4v) is 5.37. The number of carbonyl (C=O) groups excluding carboxylic acids is 1. The number of β-amino-alcohol motifs (C(OH)–C–C–N with tert-alkyl or cyclic N) is 1. The number of benzene rings is 1. The Labute approximate surface area is 218 Å². The van der Waals surface area contributed by atoms with Gasteiger partial charge in [-0.3, -0.25) is 9.69 Å². The van der Waals surface area contributed by atoms with Crippen molar-refractivity contribution >= 4 is 21.8 Å². The Morgan fingerprint density at radius 1 is 1.33 bits per heavy atom. The Morgan fingerprint density at radius 3 is 3.00 bits per heavy atom. The highest BCUT2D eigenvalue weighted by Crippen LogP contribution is 2.35. The number of oxazole rings is 1. The van der Waals surface area contributed by atoms with E-state index in [9.17, 15) is 9.90 Å². The van der Waals surface area contributed by atoms with Gasteiger partial charge < -0.3 is 19.6 Å². The second-order valence-electron chi connectivity index (χ2n) is 9.52. The average molecular weight is 556 g/mol. The van der Waals surface area contributed by atoms with E-state index in [-0.39, 0.29) is 12.5 Å². The normalized spacial score (nSPS) is 16.7. The first kappa shape index (κ1) is 24.9. The van der Waals surface area contributed by atoms with E-state index in [2.05, 4.69) is 47.2 Å². The number of fused-ring (bicyclic) bond motifs is 1. The van der Waals surface area contributed by atoms with Crippen LogP contribution >= 0.6 is 15.9 Å².